The lowest BCUT2D eigenvalue weighted by atomic mass is 9.93. The Balaban J connectivity index is 1.41. The Morgan fingerprint density at radius 2 is 1.55 bits per heavy atom. The number of fused-ring (bicyclic) bond motifs is 6. The summed E-state index contributed by atoms with van der Waals surface area (Å²) < 4.78 is 29.3. The summed E-state index contributed by atoms with van der Waals surface area (Å²) in [7, 11) is 3.28. The minimum atomic E-state index is 0.193. The molecule has 0 radical (unpaired) electrons. The van der Waals surface area contributed by atoms with Gasteiger partial charge in [-0.2, -0.15) is 0 Å². The SMILES string of the molecule is COc1cc2c(OCCN3CCCC3)nc3c4cc5c(cc4cc(CCC(=O)N4CCCC4)c3c2cc1OC)OCO5. The maximum Gasteiger partial charge on any atom is 0.231 e. The van der Waals surface area contributed by atoms with Crippen LogP contribution in [0.25, 0.3) is 32.4 Å². The van der Waals surface area contributed by atoms with Crippen molar-refractivity contribution in [2.45, 2.75) is 38.5 Å². The summed E-state index contributed by atoms with van der Waals surface area (Å²) in [6, 6.07) is 10.2. The van der Waals surface area contributed by atoms with Crippen LogP contribution in [0.5, 0.6) is 28.9 Å². The van der Waals surface area contributed by atoms with Gasteiger partial charge in [-0.05, 0) is 80.4 Å². The van der Waals surface area contributed by atoms with Crippen molar-refractivity contribution in [1.29, 1.82) is 0 Å². The number of hydrogen-bond donors (Lipinski definition) is 0. The number of aryl methyl sites for hydroxylation is 1. The molecular formula is C33H37N3O6. The second-order valence-electron chi connectivity index (χ2n) is 11.3. The molecule has 0 N–H and O–H groups in total. The average molecular weight is 572 g/mol. The Hall–Kier alpha value is -3.98. The first-order chi connectivity index (χ1) is 20.6. The largest absolute Gasteiger partial charge is 0.493 e. The highest BCUT2D eigenvalue weighted by Gasteiger charge is 2.24. The molecule has 0 unspecified atom stereocenters. The fourth-order valence-corrected chi connectivity index (χ4v) is 6.62. The van der Waals surface area contributed by atoms with E-state index in [0.717, 1.165) is 89.3 Å². The first-order valence-electron chi connectivity index (χ1n) is 15.0. The molecule has 9 nitrogen and oxygen atoms in total. The smallest absolute Gasteiger partial charge is 0.231 e. The number of nitrogens with zero attached hydrogens (tertiary/aromatic N) is 3. The summed E-state index contributed by atoms with van der Waals surface area (Å²) in [5.74, 6) is 3.42. The number of likely N-dealkylation sites (tertiary alicyclic amines) is 2. The number of hydrogen-bond acceptors (Lipinski definition) is 8. The number of benzene rings is 3. The van der Waals surface area contributed by atoms with Crippen molar-refractivity contribution in [3.63, 3.8) is 0 Å². The molecule has 3 aliphatic heterocycles. The fourth-order valence-electron chi connectivity index (χ4n) is 6.62. The van der Waals surface area contributed by atoms with Crippen molar-refractivity contribution in [3.05, 3.63) is 35.9 Å². The first-order valence-corrected chi connectivity index (χ1v) is 15.0. The number of ether oxygens (including phenoxy) is 5. The molecule has 0 aliphatic carbocycles. The summed E-state index contributed by atoms with van der Waals surface area (Å²) in [6.07, 6.45) is 5.66. The highest BCUT2D eigenvalue weighted by molar-refractivity contribution is 6.19. The van der Waals surface area contributed by atoms with Gasteiger partial charge in [-0.15, -0.1) is 0 Å². The fraction of sp³-hybridized carbons (Fsp3) is 0.455. The van der Waals surface area contributed by atoms with E-state index < -0.39 is 0 Å². The highest BCUT2D eigenvalue weighted by Crippen LogP contribution is 2.45. The molecule has 9 heteroatoms. The maximum atomic E-state index is 13.1. The third kappa shape index (κ3) is 4.89. The average Bonchev–Trinajstić information content (AvgIpc) is 3.81. The standard InChI is InChI=1S/C33H37N3O6/c1-38-26-18-24-25(19-27(26)39-2)33(40-14-13-35-9-3-4-10-35)34-32-23-17-29-28(41-20-42-29)16-22(23)15-21(31(24)32)7-8-30(37)36-11-5-6-12-36/h15-19H,3-14,20H2,1-2H3. The molecule has 3 aromatic carbocycles. The van der Waals surface area contributed by atoms with Crippen molar-refractivity contribution in [2.24, 2.45) is 0 Å². The van der Waals surface area contributed by atoms with Gasteiger partial charge in [-0.25, -0.2) is 4.98 Å². The lowest BCUT2D eigenvalue weighted by molar-refractivity contribution is -0.130. The van der Waals surface area contributed by atoms with E-state index in [1.165, 1.54) is 12.8 Å². The molecule has 0 bridgehead atoms. The second kappa shape index (κ2) is 11.4. The topological polar surface area (TPSA) is 82.6 Å². The van der Waals surface area contributed by atoms with E-state index >= 15 is 0 Å². The number of amides is 1. The van der Waals surface area contributed by atoms with Crippen molar-refractivity contribution in [1.82, 2.24) is 14.8 Å². The third-order valence-corrected chi connectivity index (χ3v) is 8.84. The van der Waals surface area contributed by atoms with E-state index in [9.17, 15) is 4.79 Å². The molecule has 0 saturated carbocycles. The summed E-state index contributed by atoms with van der Waals surface area (Å²) in [5.41, 5.74) is 1.86. The normalized spacial score (nSPS) is 16.7. The van der Waals surface area contributed by atoms with Gasteiger partial charge in [0.1, 0.15) is 6.61 Å². The highest BCUT2D eigenvalue weighted by atomic mass is 16.7. The van der Waals surface area contributed by atoms with Crippen LogP contribution in [0.1, 0.15) is 37.7 Å². The Morgan fingerprint density at radius 3 is 2.29 bits per heavy atom. The van der Waals surface area contributed by atoms with E-state index in [1.54, 1.807) is 14.2 Å². The Kier molecular flexibility index (Phi) is 7.27. The van der Waals surface area contributed by atoms with Crippen LogP contribution in [0.4, 0.5) is 0 Å². The maximum absolute atomic E-state index is 13.1. The van der Waals surface area contributed by atoms with Gasteiger partial charge >= 0.3 is 0 Å². The van der Waals surface area contributed by atoms with E-state index in [1.807, 2.05) is 29.2 Å². The number of carbonyl (C=O) groups is 1. The Labute approximate surface area is 245 Å². The van der Waals surface area contributed by atoms with Gasteiger partial charge in [0.05, 0.1) is 19.7 Å². The van der Waals surface area contributed by atoms with Crippen LogP contribution in [-0.4, -0.2) is 81.0 Å². The second-order valence-corrected chi connectivity index (χ2v) is 11.3. The molecule has 42 heavy (non-hydrogen) atoms. The molecule has 2 fully saturated rings. The van der Waals surface area contributed by atoms with Gasteiger partial charge in [0.15, 0.2) is 23.0 Å². The van der Waals surface area contributed by atoms with Gasteiger partial charge < -0.3 is 28.6 Å². The van der Waals surface area contributed by atoms with E-state index in [-0.39, 0.29) is 12.7 Å². The predicted molar refractivity (Wildman–Crippen MR) is 161 cm³/mol. The number of rotatable bonds is 9. The van der Waals surface area contributed by atoms with E-state index in [4.69, 9.17) is 28.7 Å². The van der Waals surface area contributed by atoms with Crippen LogP contribution < -0.4 is 23.7 Å². The Bertz CT molecular complexity index is 1660. The third-order valence-electron chi connectivity index (χ3n) is 8.84. The van der Waals surface area contributed by atoms with Crippen LogP contribution in [0.15, 0.2) is 30.3 Å². The molecule has 220 valence electrons. The quantitative estimate of drug-likeness (QED) is 0.250. The van der Waals surface area contributed by atoms with Gasteiger partial charge in [0.25, 0.3) is 0 Å². The summed E-state index contributed by atoms with van der Waals surface area (Å²) >= 11 is 0. The van der Waals surface area contributed by atoms with Gasteiger partial charge in [0.2, 0.25) is 18.6 Å². The lowest BCUT2D eigenvalue weighted by Crippen LogP contribution is -2.27. The molecule has 1 amide bonds. The molecule has 1 aromatic heterocycles. The molecule has 2 saturated heterocycles. The van der Waals surface area contributed by atoms with Crippen molar-refractivity contribution >= 4 is 38.4 Å². The van der Waals surface area contributed by atoms with Crippen LogP contribution in [0.3, 0.4) is 0 Å². The minimum Gasteiger partial charge on any atom is -0.493 e. The summed E-state index contributed by atoms with van der Waals surface area (Å²) in [4.78, 5) is 22.7. The van der Waals surface area contributed by atoms with Crippen molar-refractivity contribution < 1.29 is 28.5 Å². The van der Waals surface area contributed by atoms with Gasteiger partial charge in [-0.3, -0.25) is 9.69 Å². The number of pyridine rings is 1. The Morgan fingerprint density at radius 1 is 0.857 bits per heavy atom. The monoisotopic (exact) mass is 571 g/mol. The predicted octanol–water partition coefficient (Wildman–Crippen LogP) is 5.32. The van der Waals surface area contributed by atoms with Crippen molar-refractivity contribution in [3.8, 4) is 28.9 Å². The van der Waals surface area contributed by atoms with Gasteiger partial charge in [0, 0.05) is 47.6 Å². The van der Waals surface area contributed by atoms with Gasteiger partial charge in [-0.1, -0.05) is 6.07 Å². The zero-order chi connectivity index (χ0) is 28.6. The van der Waals surface area contributed by atoms with Crippen LogP contribution in [0.2, 0.25) is 0 Å². The number of methoxy groups -OCH3 is 2. The summed E-state index contributed by atoms with van der Waals surface area (Å²) in [6.45, 7) is 5.50. The number of aromatic nitrogens is 1. The van der Waals surface area contributed by atoms with E-state index in [0.29, 0.717) is 42.6 Å². The van der Waals surface area contributed by atoms with Crippen LogP contribution in [-0.2, 0) is 11.2 Å². The van der Waals surface area contributed by atoms with Crippen LogP contribution in [0, 0.1) is 0 Å². The molecule has 4 aromatic rings. The molecule has 7 rings (SSSR count). The van der Waals surface area contributed by atoms with E-state index in [2.05, 4.69) is 11.0 Å². The zero-order valence-corrected chi connectivity index (χ0v) is 24.4. The first kappa shape index (κ1) is 26.9. The number of carbonyl (C=O) groups excluding carboxylic acids is 1. The molecule has 3 aliphatic rings. The van der Waals surface area contributed by atoms with Crippen molar-refractivity contribution in [2.75, 3.05) is 60.3 Å². The molecule has 4 heterocycles. The molecule has 0 spiro atoms. The lowest BCUT2D eigenvalue weighted by Gasteiger charge is -2.20. The molecular weight excluding hydrogens is 534 g/mol. The van der Waals surface area contributed by atoms with Crippen LogP contribution >= 0.6 is 0 Å². The zero-order valence-electron chi connectivity index (χ0n) is 24.4. The molecule has 0 atom stereocenters. The minimum absolute atomic E-state index is 0.193. The summed E-state index contributed by atoms with van der Waals surface area (Å²) in [5, 5.41) is 4.74.